The summed E-state index contributed by atoms with van der Waals surface area (Å²) < 4.78 is 17.2. The molecule has 2 unspecified atom stereocenters. The Balaban J connectivity index is 4.22. The summed E-state index contributed by atoms with van der Waals surface area (Å²) in [4.78, 5) is 37.0. The molecule has 0 aromatic rings. The molecule has 0 amide bonds. The molecular weight excluding hydrogens is 763 g/mol. The number of carboxylic acids is 1. The van der Waals surface area contributed by atoms with Crippen LogP contribution in [0.2, 0.25) is 0 Å². The fourth-order valence-electron chi connectivity index (χ4n) is 7.58. The van der Waals surface area contributed by atoms with Crippen LogP contribution in [0.5, 0.6) is 0 Å². The zero-order valence-corrected chi connectivity index (χ0v) is 40.6. The highest BCUT2D eigenvalue weighted by molar-refractivity contribution is 5.70. The van der Waals surface area contributed by atoms with Crippen LogP contribution < -0.4 is 5.11 Å². The van der Waals surface area contributed by atoms with Gasteiger partial charge in [-0.25, -0.2) is 0 Å². The van der Waals surface area contributed by atoms with E-state index in [1.165, 1.54) is 135 Å². The molecule has 0 spiro atoms. The molecule has 0 aliphatic heterocycles. The van der Waals surface area contributed by atoms with E-state index < -0.39 is 18.1 Å². The van der Waals surface area contributed by atoms with Crippen LogP contribution in [-0.4, -0.2) is 75.5 Å². The number of esters is 2. The number of nitrogens with zero attached hydrogens (tertiary/aromatic N) is 1. The molecule has 0 rings (SSSR count). The van der Waals surface area contributed by atoms with E-state index in [4.69, 9.17) is 14.2 Å². The number of aliphatic carboxylic acids is 1. The lowest BCUT2D eigenvalue weighted by molar-refractivity contribution is -0.889. The number of allylic oxidation sites excluding steroid dienone is 6. The number of carboxylic acid groups (broad SMARTS) is 1. The predicted molar refractivity (Wildman–Crippen MR) is 254 cm³/mol. The van der Waals surface area contributed by atoms with Crippen LogP contribution in [0.25, 0.3) is 0 Å². The molecule has 0 aliphatic carbocycles. The van der Waals surface area contributed by atoms with Gasteiger partial charge >= 0.3 is 11.9 Å². The third-order valence-electron chi connectivity index (χ3n) is 11.5. The molecule has 0 aliphatic rings. The average Bonchev–Trinajstić information content (AvgIpc) is 3.22. The molecule has 0 aromatic carbocycles. The summed E-state index contributed by atoms with van der Waals surface area (Å²) in [6, 6.07) is -0.726. The quantitative estimate of drug-likeness (QED) is 0.0260. The Morgan fingerprint density at radius 1 is 0.508 bits per heavy atom. The molecule has 0 radical (unpaired) electrons. The summed E-state index contributed by atoms with van der Waals surface area (Å²) in [6.07, 6.45) is 51.7. The molecular formula is C53H97NO7. The lowest BCUT2D eigenvalue weighted by Gasteiger charge is -2.34. The highest BCUT2D eigenvalue weighted by atomic mass is 16.6. The standard InChI is InChI=1S/C53H97NO7/c1-6-8-10-12-14-16-18-20-22-24-25-26-27-28-30-32-34-36-38-40-42-44-52(56)61-49(47-59-46-45-50(53(57)58)54(3,4)5)48-60-51(55)43-41-39-37-35-33-31-29-23-21-19-17-15-13-11-9-7-2/h8,10,14,16,23,29,49-50H,6-7,9,11-13,15,17-22,24-28,30-48H2,1-5H3/b10-8+,16-14+,29-23+. The second-order valence-corrected chi connectivity index (χ2v) is 18.4. The van der Waals surface area contributed by atoms with E-state index >= 15 is 0 Å². The minimum atomic E-state index is -1.12. The van der Waals surface area contributed by atoms with Crippen molar-refractivity contribution >= 4 is 17.9 Å². The van der Waals surface area contributed by atoms with Gasteiger partial charge < -0.3 is 28.6 Å². The SMILES string of the molecule is CC/C=C/C/C=C/CCCCCCCCCCCCCCCCC(=O)OC(COCCC(C(=O)[O-])[N+](C)(C)C)COC(=O)CCCCCCC/C=C/CCCCCCCCC. The summed E-state index contributed by atoms with van der Waals surface area (Å²) >= 11 is 0. The molecule has 0 fully saturated rings. The van der Waals surface area contributed by atoms with Gasteiger partial charge in [0.15, 0.2) is 6.10 Å². The average molecular weight is 860 g/mol. The number of hydrogen-bond acceptors (Lipinski definition) is 7. The normalized spacial score (nSPS) is 13.1. The lowest BCUT2D eigenvalue weighted by atomic mass is 10.0. The first kappa shape index (κ1) is 58.6. The molecule has 0 N–H and O–H groups in total. The summed E-state index contributed by atoms with van der Waals surface area (Å²) in [5, 5.41) is 11.7. The summed E-state index contributed by atoms with van der Waals surface area (Å²) in [5.41, 5.74) is 0. The monoisotopic (exact) mass is 860 g/mol. The first-order chi connectivity index (χ1) is 29.6. The van der Waals surface area contributed by atoms with Gasteiger partial charge in [-0.15, -0.1) is 0 Å². The Morgan fingerprint density at radius 3 is 1.36 bits per heavy atom. The van der Waals surface area contributed by atoms with Gasteiger partial charge in [0.2, 0.25) is 0 Å². The highest BCUT2D eigenvalue weighted by Crippen LogP contribution is 2.16. The van der Waals surface area contributed by atoms with E-state index in [0.29, 0.717) is 12.8 Å². The Kier molecular flexibility index (Phi) is 42.4. The fraction of sp³-hybridized carbons (Fsp3) is 0.830. The van der Waals surface area contributed by atoms with Crippen molar-refractivity contribution in [3.05, 3.63) is 36.5 Å². The van der Waals surface area contributed by atoms with Gasteiger partial charge in [-0.2, -0.15) is 0 Å². The van der Waals surface area contributed by atoms with Crippen molar-refractivity contribution in [1.82, 2.24) is 0 Å². The number of carbonyl (C=O) groups excluding carboxylic acids is 3. The maximum atomic E-state index is 12.8. The van der Waals surface area contributed by atoms with E-state index in [0.717, 1.165) is 64.2 Å². The summed E-state index contributed by atoms with van der Waals surface area (Å²) in [7, 11) is 5.42. The summed E-state index contributed by atoms with van der Waals surface area (Å²) in [5.74, 6) is -1.73. The third-order valence-corrected chi connectivity index (χ3v) is 11.5. The molecule has 8 nitrogen and oxygen atoms in total. The minimum absolute atomic E-state index is 0.0405. The second-order valence-electron chi connectivity index (χ2n) is 18.4. The zero-order chi connectivity index (χ0) is 44.9. The van der Waals surface area contributed by atoms with Gasteiger partial charge in [0.05, 0.1) is 40.3 Å². The van der Waals surface area contributed by atoms with E-state index in [2.05, 4.69) is 50.3 Å². The molecule has 0 aromatic heterocycles. The van der Waals surface area contributed by atoms with Crippen LogP contribution in [0.1, 0.15) is 232 Å². The Hall–Kier alpha value is -2.45. The molecule has 0 bridgehead atoms. The van der Waals surface area contributed by atoms with Crippen LogP contribution in [0.4, 0.5) is 0 Å². The first-order valence-electron chi connectivity index (χ1n) is 25.5. The number of carbonyl (C=O) groups is 3. The first-order valence-corrected chi connectivity index (χ1v) is 25.5. The van der Waals surface area contributed by atoms with Crippen molar-refractivity contribution in [1.29, 1.82) is 0 Å². The zero-order valence-electron chi connectivity index (χ0n) is 40.6. The van der Waals surface area contributed by atoms with Crippen LogP contribution in [0, 0.1) is 0 Å². The van der Waals surface area contributed by atoms with E-state index in [1.807, 2.05) is 0 Å². The van der Waals surface area contributed by atoms with E-state index in [9.17, 15) is 19.5 Å². The Labute approximate surface area is 376 Å². The van der Waals surface area contributed by atoms with Gasteiger partial charge in [0, 0.05) is 19.3 Å². The van der Waals surface area contributed by atoms with E-state index in [1.54, 1.807) is 21.1 Å². The molecule has 8 heteroatoms. The van der Waals surface area contributed by atoms with Crippen molar-refractivity contribution in [3.63, 3.8) is 0 Å². The fourth-order valence-corrected chi connectivity index (χ4v) is 7.58. The maximum absolute atomic E-state index is 12.8. The molecule has 61 heavy (non-hydrogen) atoms. The van der Waals surface area contributed by atoms with Crippen LogP contribution in [0.15, 0.2) is 36.5 Å². The predicted octanol–water partition coefficient (Wildman–Crippen LogP) is 13.3. The topological polar surface area (TPSA) is 102 Å². The summed E-state index contributed by atoms with van der Waals surface area (Å²) in [6.45, 7) is 4.58. The van der Waals surface area contributed by atoms with Gasteiger partial charge in [0.1, 0.15) is 12.6 Å². The number of likely N-dealkylation sites (N-methyl/N-ethyl adjacent to an activating group) is 1. The molecule has 0 saturated heterocycles. The largest absolute Gasteiger partial charge is 0.544 e. The van der Waals surface area contributed by atoms with Crippen molar-refractivity contribution in [2.24, 2.45) is 0 Å². The highest BCUT2D eigenvalue weighted by Gasteiger charge is 2.25. The minimum Gasteiger partial charge on any atom is -0.544 e. The Bertz CT molecular complexity index is 1090. The van der Waals surface area contributed by atoms with Crippen LogP contribution in [0.3, 0.4) is 0 Å². The van der Waals surface area contributed by atoms with Crippen LogP contribution >= 0.6 is 0 Å². The molecule has 0 heterocycles. The maximum Gasteiger partial charge on any atom is 0.306 e. The van der Waals surface area contributed by atoms with Crippen molar-refractivity contribution in [3.8, 4) is 0 Å². The van der Waals surface area contributed by atoms with E-state index in [-0.39, 0.29) is 42.7 Å². The second kappa shape index (κ2) is 44.2. The van der Waals surface area contributed by atoms with Crippen molar-refractivity contribution in [2.75, 3.05) is 41.0 Å². The van der Waals surface area contributed by atoms with Gasteiger partial charge in [0.25, 0.3) is 0 Å². The lowest BCUT2D eigenvalue weighted by Crippen LogP contribution is -2.55. The molecule has 356 valence electrons. The number of unbranched alkanes of at least 4 members (excludes halogenated alkanes) is 26. The van der Waals surface area contributed by atoms with Gasteiger partial charge in [-0.3, -0.25) is 9.59 Å². The third kappa shape index (κ3) is 42.6. The van der Waals surface area contributed by atoms with Gasteiger partial charge in [-0.1, -0.05) is 185 Å². The number of hydrogen-bond donors (Lipinski definition) is 0. The molecule has 2 atom stereocenters. The number of ether oxygens (including phenoxy) is 3. The van der Waals surface area contributed by atoms with Crippen molar-refractivity contribution in [2.45, 2.75) is 244 Å². The smallest absolute Gasteiger partial charge is 0.306 e. The van der Waals surface area contributed by atoms with Gasteiger partial charge in [-0.05, 0) is 64.2 Å². The Morgan fingerprint density at radius 2 is 0.918 bits per heavy atom. The molecule has 0 saturated carbocycles. The van der Waals surface area contributed by atoms with Crippen LogP contribution in [-0.2, 0) is 28.6 Å². The van der Waals surface area contributed by atoms with Crippen molar-refractivity contribution < 1.29 is 38.2 Å². The number of quaternary nitrogens is 1. The number of rotatable bonds is 46.